The molecule has 1 saturated heterocycles. The van der Waals surface area contributed by atoms with Gasteiger partial charge in [-0.1, -0.05) is 59.6 Å². The smallest absolute Gasteiger partial charge is 0.357 e. The number of piperazine rings is 1. The van der Waals surface area contributed by atoms with Crippen molar-refractivity contribution in [3.8, 4) is 5.75 Å². The highest BCUT2D eigenvalue weighted by atomic mass is 35.5. The van der Waals surface area contributed by atoms with Crippen molar-refractivity contribution in [1.29, 1.82) is 0 Å². The Kier molecular flexibility index (Phi) is 8.09. The zero-order valence-corrected chi connectivity index (χ0v) is 21.8. The third kappa shape index (κ3) is 6.52. The van der Waals surface area contributed by atoms with E-state index >= 15 is 0 Å². The number of carbonyl (C=O) groups is 1. The molecule has 1 aliphatic heterocycles. The van der Waals surface area contributed by atoms with Crippen LogP contribution >= 0.6 is 23.2 Å². The fraction of sp³-hybridized carbons (Fsp3) is 0.241. The van der Waals surface area contributed by atoms with Crippen molar-refractivity contribution >= 4 is 45.8 Å². The number of hydrogen-bond donors (Lipinski definition) is 0. The Labute approximate surface area is 226 Å². The van der Waals surface area contributed by atoms with Gasteiger partial charge in [0.25, 0.3) is 0 Å². The second-order valence-electron chi connectivity index (χ2n) is 8.89. The van der Waals surface area contributed by atoms with Gasteiger partial charge in [-0.3, -0.25) is 4.90 Å². The maximum atomic E-state index is 12.9. The summed E-state index contributed by atoms with van der Waals surface area (Å²) in [5.74, 6) is 0.0689. The van der Waals surface area contributed by atoms with E-state index in [0.29, 0.717) is 29.4 Å². The number of rotatable bonds is 8. The molecule has 8 heteroatoms. The molecule has 1 aromatic heterocycles. The SMILES string of the molecule is O=C(OCCN1CCN(c2cccc(Cl)c2)CC1)c1cc(OCc2ccccc2)c2cc(Cl)ccc2n1. The zero-order chi connectivity index (χ0) is 25.6. The quantitative estimate of drug-likeness (QED) is 0.254. The number of carbonyl (C=O) groups excluding carboxylic acids is 1. The summed E-state index contributed by atoms with van der Waals surface area (Å²) in [4.78, 5) is 22.0. The molecule has 3 aromatic carbocycles. The summed E-state index contributed by atoms with van der Waals surface area (Å²) < 4.78 is 11.7. The van der Waals surface area contributed by atoms with E-state index in [1.54, 1.807) is 24.3 Å². The highest BCUT2D eigenvalue weighted by Gasteiger charge is 2.19. The second kappa shape index (κ2) is 11.8. The first-order chi connectivity index (χ1) is 18.0. The molecule has 0 radical (unpaired) electrons. The van der Waals surface area contributed by atoms with Crippen molar-refractivity contribution in [3.05, 3.63) is 100 Å². The van der Waals surface area contributed by atoms with Gasteiger partial charge < -0.3 is 14.4 Å². The Balaban J connectivity index is 1.19. The molecule has 1 fully saturated rings. The molecule has 5 rings (SSSR count). The summed E-state index contributed by atoms with van der Waals surface area (Å²) in [6, 6.07) is 24.7. The number of nitrogens with zero attached hydrogens (tertiary/aromatic N) is 3. The monoisotopic (exact) mass is 535 g/mol. The minimum Gasteiger partial charge on any atom is -0.488 e. The Hall–Kier alpha value is -3.32. The summed E-state index contributed by atoms with van der Waals surface area (Å²) in [6.45, 7) is 4.87. The van der Waals surface area contributed by atoms with Crippen LogP contribution in [-0.4, -0.2) is 55.2 Å². The molecule has 0 atom stereocenters. The molecule has 0 spiro atoms. The molecular weight excluding hydrogens is 509 g/mol. The Bertz CT molecular complexity index is 1380. The first-order valence-corrected chi connectivity index (χ1v) is 13.0. The van der Waals surface area contributed by atoms with Gasteiger partial charge in [0.2, 0.25) is 0 Å². The number of anilines is 1. The van der Waals surface area contributed by atoms with Crippen LogP contribution in [0.25, 0.3) is 10.9 Å². The van der Waals surface area contributed by atoms with Crippen LogP contribution in [0.5, 0.6) is 5.75 Å². The Morgan fingerprint density at radius 1 is 0.865 bits per heavy atom. The van der Waals surface area contributed by atoms with E-state index in [9.17, 15) is 4.79 Å². The summed E-state index contributed by atoms with van der Waals surface area (Å²) in [5.41, 5.74) is 2.99. The van der Waals surface area contributed by atoms with Gasteiger partial charge >= 0.3 is 5.97 Å². The van der Waals surface area contributed by atoms with Crippen molar-refractivity contribution < 1.29 is 14.3 Å². The summed E-state index contributed by atoms with van der Waals surface area (Å²) in [7, 11) is 0. The zero-order valence-electron chi connectivity index (χ0n) is 20.3. The van der Waals surface area contributed by atoms with Gasteiger partial charge in [0, 0.05) is 59.9 Å². The summed E-state index contributed by atoms with van der Waals surface area (Å²) in [5, 5.41) is 2.06. The first-order valence-electron chi connectivity index (χ1n) is 12.2. The maximum Gasteiger partial charge on any atom is 0.357 e. The lowest BCUT2D eigenvalue weighted by Crippen LogP contribution is -2.47. The van der Waals surface area contributed by atoms with Gasteiger partial charge in [-0.25, -0.2) is 9.78 Å². The van der Waals surface area contributed by atoms with Gasteiger partial charge in [-0.15, -0.1) is 0 Å². The summed E-state index contributed by atoms with van der Waals surface area (Å²) in [6.07, 6.45) is 0. The fourth-order valence-electron chi connectivity index (χ4n) is 4.37. The van der Waals surface area contributed by atoms with Crippen LogP contribution in [0.4, 0.5) is 5.69 Å². The van der Waals surface area contributed by atoms with Crippen molar-refractivity contribution in [2.45, 2.75) is 6.61 Å². The maximum absolute atomic E-state index is 12.9. The highest BCUT2D eigenvalue weighted by molar-refractivity contribution is 6.31. The molecule has 190 valence electrons. The van der Waals surface area contributed by atoms with Gasteiger partial charge in [0.1, 0.15) is 19.0 Å². The van der Waals surface area contributed by atoms with E-state index in [4.69, 9.17) is 32.7 Å². The van der Waals surface area contributed by atoms with E-state index in [1.807, 2.05) is 48.5 Å². The van der Waals surface area contributed by atoms with Crippen molar-refractivity contribution in [2.75, 3.05) is 44.2 Å². The number of halogens is 2. The molecule has 0 unspecified atom stereocenters. The molecule has 0 N–H and O–H groups in total. The van der Waals surface area contributed by atoms with Crippen LogP contribution in [0, 0.1) is 0 Å². The van der Waals surface area contributed by atoms with Crippen LogP contribution < -0.4 is 9.64 Å². The lowest BCUT2D eigenvalue weighted by molar-refractivity contribution is 0.0452. The number of esters is 1. The Morgan fingerprint density at radius 3 is 2.43 bits per heavy atom. The Morgan fingerprint density at radius 2 is 1.65 bits per heavy atom. The standard InChI is InChI=1S/C29H27Cl2N3O3/c30-22-7-4-8-24(17-22)34-13-11-33(12-14-34)15-16-36-29(35)27-19-28(37-20-21-5-2-1-3-6-21)25-18-23(31)9-10-26(25)32-27/h1-10,17-19H,11-16,20H2. The van der Waals surface area contributed by atoms with Crippen LogP contribution in [0.2, 0.25) is 10.0 Å². The topological polar surface area (TPSA) is 54.9 Å². The van der Waals surface area contributed by atoms with E-state index in [-0.39, 0.29) is 12.3 Å². The highest BCUT2D eigenvalue weighted by Crippen LogP contribution is 2.29. The average Bonchev–Trinajstić information content (AvgIpc) is 2.92. The normalized spacial score (nSPS) is 14.1. The molecular formula is C29H27Cl2N3O3. The number of pyridine rings is 1. The van der Waals surface area contributed by atoms with Gasteiger partial charge in [-0.05, 0) is 42.0 Å². The minimum atomic E-state index is -0.473. The molecule has 4 aromatic rings. The molecule has 6 nitrogen and oxygen atoms in total. The third-order valence-corrected chi connectivity index (χ3v) is 6.84. The molecule has 0 saturated carbocycles. The number of hydrogen-bond acceptors (Lipinski definition) is 6. The number of aromatic nitrogens is 1. The van der Waals surface area contributed by atoms with Gasteiger partial charge in [0.15, 0.2) is 5.69 Å². The molecule has 2 heterocycles. The molecule has 0 bridgehead atoms. The number of benzene rings is 3. The molecule has 37 heavy (non-hydrogen) atoms. The minimum absolute atomic E-state index is 0.212. The van der Waals surface area contributed by atoms with E-state index in [1.165, 1.54) is 0 Å². The van der Waals surface area contributed by atoms with Gasteiger partial charge in [-0.2, -0.15) is 0 Å². The van der Waals surface area contributed by atoms with E-state index in [2.05, 4.69) is 20.9 Å². The lowest BCUT2D eigenvalue weighted by atomic mass is 10.1. The lowest BCUT2D eigenvalue weighted by Gasteiger charge is -2.36. The van der Waals surface area contributed by atoms with Crippen molar-refractivity contribution in [2.24, 2.45) is 0 Å². The first kappa shape index (κ1) is 25.3. The van der Waals surface area contributed by atoms with E-state index in [0.717, 1.165) is 47.8 Å². The van der Waals surface area contributed by atoms with Gasteiger partial charge in [0.05, 0.1) is 5.52 Å². The number of ether oxygens (including phenoxy) is 2. The largest absolute Gasteiger partial charge is 0.488 e. The fourth-order valence-corrected chi connectivity index (χ4v) is 4.73. The van der Waals surface area contributed by atoms with Crippen molar-refractivity contribution in [3.63, 3.8) is 0 Å². The molecule has 0 aliphatic carbocycles. The predicted molar refractivity (Wildman–Crippen MR) is 148 cm³/mol. The van der Waals surface area contributed by atoms with Crippen LogP contribution in [0.15, 0.2) is 78.9 Å². The summed E-state index contributed by atoms with van der Waals surface area (Å²) >= 11 is 12.3. The van der Waals surface area contributed by atoms with Crippen molar-refractivity contribution in [1.82, 2.24) is 9.88 Å². The van der Waals surface area contributed by atoms with Crippen LogP contribution in [-0.2, 0) is 11.3 Å². The van der Waals surface area contributed by atoms with Crippen LogP contribution in [0.3, 0.4) is 0 Å². The predicted octanol–water partition coefficient (Wildman–Crippen LogP) is 6.10. The van der Waals surface area contributed by atoms with Crippen LogP contribution in [0.1, 0.15) is 16.1 Å². The molecule has 1 aliphatic rings. The number of fused-ring (bicyclic) bond motifs is 1. The van der Waals surface area contributed by atoms with E-state index < -0.39 is 5.97 Å². The average molecular weight is 536 g/mol. The third-order valence-electron chi connectivity index (χ3n) is 6.37. The second-order valence-corrected chi connectivity index (χ2v) is 9.76. The molecule has 0 amide bonds.